The van der Waals surface area contributed by atoms with Gasteiger partial charge in [-0.05, 0) is 31.9 Å². The molecule has 0 amide bonds. The number of hydrogen-bond acceptors (Lipinski definition) is 6. The summed E-state index contributed by atoms with van der Waals surface area (Å²) in [6.07, 6.45) is 1.07. The highest BCUT2D eigenvalue weighted by molar-refractivity contribution is 6.19. The van der Waals surface area contributed by atoms with Crippen molar-refractivity contribution in [3.63, 3.8) is 0 Å². The van der Waals surface area contributed by atoms with Gasteiger partial charge in [-0.3, -0.25) is 9.79 Å². The standard InChI is InChI=1S/C17H21F2N3O4/c1-10(20)14(16(21)22-7-2-3-8-23)17(25)26-9-13(24)15-11(18)5-4-6-12(15)19/h4-6,23H,2-3,7-9,20H2,1H3,(H2,21,22)/b14-10+. The van der Waals surface area contributed by atoms with Gasteiger partial charge in [-0.1, -0.05) is 6.07 Å². The Morgan fingerprint density at radius 3 is 2.35 bits per heavy atom. The van der Waals surface area contributed by atoms with Crippen LogP contribution in [0.2, 0.25) is 0 Å². The number of unbranched alkanes of at least 4 members (excludes halogenated alkanes) is 1. The second-order valence-corrected chi connectivity index (χ2v) is 5.35. The fourth-order valence-electron chi connectivity index (χ4n) is 2.01. The molecule has 0 aromatic heterocycles. The van der Waals surface area contributed by atoms with E-state index in [0.717, 1.165) is 18.2 Å². The summed E-state index contributed by atoms with van der Waals surface area (Å²) in [5, 5.41) is 8.70. The summed E-state index contributed by atoms with van der Waals surface area (Å²) >= 11 is 0. The molecule has 0 heterocycles. The van der Waals surface area contributed by atoms with Gasteiger partial charge in [-0.2, -0.15) is 0 Å². The average molecular weight is 369 g/mol. The van der Waals surface area contributed by atoms with E-state index in [-0.39, 0.29) is 30.3 Å². The van der Waals surface area contributed by atoms with Crippen LogP contribution in [0.4, 0.5) is 8.78 Å². The molecule has 0 aliphatic heterocycles. The molecule has 0 bridgehead atoms. The van der Waals surface area contributed by atoms with Gasteiger partial charge in [0.25, 0.3) is 0 Å². The molecule has 0 atom stereocenters. The molecule has 9 heteroatoms. The van der Waals surface area contributed by atoms with Crippen LogP contribution < -0.4 is 11.5 Å². The first-order valence-corrected chi connectivity index (χ1v) is 7.81. The largest absolute Gasteiger partial charge is 0.454 e. The predicted octanol–water partition coefficient (Wildman–Crippen LogP) is 1.05. The van der Waals surface area contributed by atoms with E-state index < -0.39 is 35.6 Å². The number of benzene rings is 1. The highest BCUT2D eigenvalue weighted by Crippen LogP contribution is 2.13. The Morgan fingerprint density at radius 1 is 1.19 bits per heavy atom. The summed E-state index contributed by atoms with van der Waals surface area (Å²) in [4.78, 5) is 28.0. The van der Waals surface area contributed by atoms with Crippen LogP contribution in [0.3, 0.4) is 0 Å². The zero-order valence-electron chi connectivity index (χ0n) is 14.3. The SMILES string of the molecule is C/C(N)=C(\C(=O)OCC(=O)c1c(F)cccc1F)C(N)=NCCCCO. The first-order chi connectivity index (χ1) is 12.3. The van der Waals surface area contributed by atoms with Crippen LogP contribution in [-0.2, 0) is 9.53 Å². The summed E-state index contributed by atoms with van der Waals surface area (Å²) < 4.78 is 31.9. The number of ketones is 1. The summed E-state index contributed by atoms with van der Waals surface area (Å²) in [5.41, 5.74) is 10.3. The van der Waals surface area contributed by atoms with Crippen LogP contribution >= 0.6 is 0 Å². The maximum absolute atomic E-state index is 13.6. The van der Waals surface area contributed by atoms with Crippen molar-refractivity contribution >= 4 is 17.6 Å². The molecule has 0 spiro atoms. The number of amidine groups is 1. The minimum absolute atomic E-state index is 0.00476. The molecule has 0 radical (unpaired) electrons. The van der Waals surface area contributed by atoms with Crippen LogP contribution in [0.15, 0.2) is 34.5 Å². The lowest BCUT2D eigenvalue weighted by Crippen LogP contribution is -2.28. The molecule has 7 nitrogen and oxygen atoms in total. The summed E-state index contributed by atoms with van der Waals surface area (Å²) in [5.74, 6) is -4.36. The Kier molecular flexibility index (Phi) is 8.36. The van der Waals surface area contributed by atoms with Crippen LogP contribution in [-0.4, -0.2) is 42.5 Å². The lowest BCUT2D eigenvalue weighted by atomic mass is 10.1. The number of halogens is 2. The molecular weight excluding hydrogens is 348 g/mol. The van der Waals surface area contributed by atoms with E-state index in [1.54, 1.807) is 0 Å². The second kappa shape index (κ2) is 10.2. The maximum atomic E-state index is 13.6. The number of aliphatic imine (C=N–C) groups is 1. The van der Waals surface area contributed by atoms with Gasteiger partial charge in [-0.15, -0.1) is 0 Å². The van der Waals surface area contributed by atoms with E-state index in [9.17, 15) is 18.4 Å². The number of carbonyl (C=O) groups excluding carboxylic acids is 2. The number of nitrogens with zero attached hydrogens (tertiary/aromatic N) is 1. The topological polar surface area (TPSA) is 128 Å². The molecule has 142 valence electrons. The molecule has 0 saturated carbocycles. The fourth-order valence-corrected chi connectivity index (χ4v) is 2.01. The van der Waals surface area contributed by atoms with Crippen molar-refractivity contribution in [2.45, 2.75) is 19.8 Å². The van der Waals surface area contributed by atoms with E-state index in [1.165, 1.54) is 6.92 Å². The number of nitrogens with two attached hydrogens (primary N) is 2. The van der Waals surface area contributed by atoms with Crippen molar-refractivity contribution in [1.29, 1.82) is 0 Å². The number of ether oxygens (including phenoxy) is 1. The van der Waals surface area contributed by atoms with Gasteiger partial charge in [0.1, 0.15) is 23.0 Å². The van der Waals surface area contributed by atoms with E-state index in [4.69, 9.17) is 21.3 Å². The molecule has 0 aliphatic rings. The predicted molar refractivity (Wildman–Crippen MR) is 91.3 cm³/mol. The average Bonchev–Trinajstić information content (AvgIpc) is 2.56. The molecule has 0 unspecified atom stereocenters. The van der Waals surface area contributed by atoms with Gasteiger partial charge in [0, 0.05) is 18.8 Å². The van der Waals surface area contributed by atoms with Gasteiger partial charge in [0.2, 0.25) is 5.78 Å². The van der Waals surface area contributed by atoms with Crippen LogP contribution in [0.25, 0.3) is 0 Å². The van der Waals surface area contributed by atoms with Gasteiger partial charge in [0.05, 0.1) is 5.56 Å². The first-order valence-electron chi connectivity index (χ1n) is 7.81. The Labute approximate surface area is 149 Å². The number of Topliss-reactive ketones (excluding diaryl/α,β-unsaturated/α-hetero) is 1. The molecule has 26 heavy (non-hydrogen) atoms. The minimum atomic E-state index is -1.05. The number of aliphatic hydroxyl groups is 1. The minimum Gasteiger partial charge on any atom is -0.454 e. The lowest BCUT2D eigenvalue weighted by Gasteiger charge is -2.10. The normalized spacial score (nSPS) is 12.5. The van der Waals surface area contributed by atoms with Crippen molar-refractivity contribution in [3.8, 4) is 0 Å². The van der Waals surface area contributed by atoms with Crippen molar-refractivity contribution < 1.29 is 28.2 Å². The zero-order valence-corrected chi connectivity index (χ0v) is 14.3. The van der Waals surface area contributed by atoms with E-state index in [1.807, 2.05) is 0 Å². The Hall–Kier alpha value is -2.81. The Balaban J connectivity index is 2.80. The summed E-state index contributed by atoms with van der Waals surface area (Å²) in [6.45, 7) is 0.775. The highest BCUT2D eigenvalue weighted by atomic mass is 19.1. The van der Waals surface area contributed by atoms with E-state index in [0.29, 0.717) is 12.8 Å². The lowest BCUT2D eigenvalue weighted by molar-refractivity contribution is -0.137. The van der Waals surface area contributed by atoms with Crippen molar-refractivity contribution in [3.05, 3.63) is 46.7 Å². The second-order valence-electron chi connectivity index (χ2n) is 5.35. The summed E-state index contributed by atoms with van der Waals surface area (Å²) in [6, 6.07) is 2.95. The van der Waals surface area contributed by atoms with E-state index >= 15 is 0 Å². The van der Waals surface area contributed by atoms with Gasteiger partial charge >= 0.3 is 5.97 Å². The number of rotatable bonds is 9. The smallest absolute Gasteiger partial charge is 0.344 e. The molecule has 0 saturated heterocycles. The third-order valence-electron chi connectivity index (χ3n) is 3.28. The van der Waals surface area contributed by atoms with Crippen molar-refractivity contribution in [2.24, 2.45) is 16.5 Å². The van der Waals surface area contributed by atoms with Gasteiger partial charge in [0.15, 0.2) is 6.61 Å². The van der Waals surface area contributed by atoms with E-state index in [2.05, 4.69) is 4.99 Å². The monoisotopic (exact) mass is 369 g/mol. The third kappa shape index (κ3) is 5.92. The first kappa shape index (κ1) is 21.2. The Bertz CT molecular complexity index is 708. The van der Waals surface area contributed by atoms with Crippen molar-refractivity contribution in [2.75, 3.05) is 19.8 Å². The zero-order chi connectivity index (χ0) is 19.7. The molecule has 1 rings (SSSR count). The number of carbonyl (C=O) groups is 2. The fraction of sp³-hybridized carbons (Fsp3) is 0.353. The van der Waals surface area contributed by atoms with Gasteiger partial charge < -0.3 is 21.3 Å². The van der Waals surface area contributed by atoms with Crippen LogP contribution in [0.1, 0.15) is 30.1 Å². The molecular formula is C17H21F2N3O4. The third-order valence-corrected chi connectivity index (χ3v) is 3.28. The van der Waals surface area contributed by atoms with Gasteiger partial charge in [-0.25, -0.2) is 13.6 Å². The summed E-state index contributed by atoms with van der Waals surface area (Å²) in [7, 11) is 0. The quantitative estimate of drug-likeness (QED) is 0.149. The van der Waals surface area contributed by atoms with Crippen LogP contribution in [0.5, 0.6) is 0 Å². The molecule has 0 fully saturated rings. The highest BCUT2D eigenvalue weighted by Gasteiger charge is 2.22. The van der Waals surface area contributed by atoms with Crippen molar-refractivity contribution in [1.82, 2.24) is 0 Å². The number of hydrogen-bond donors (Lipinski definition) is 3. The number of aliphatic hydroxyl groups excluding tert-OH is 1. The molecule has 0 aliphatic carbocycles. The number of allylic oxidation sites excluding steroid dienone is 1. The van der Waals surface area contributed by atoms with Crippen LogP contribution in [0, 0.1) is 11.6 Å². The number of esters is 1. The maximum Gasteiger partial charge on any atom is 0.344 e. The molecule has 5 N–H and O–H groups in total. The molecule has 1 aromatic carbocycles. The molecule has 1 aromatic rings. The Morgan fingerprint density at radius 2 is 1.81 bits per heavy atom.